The van der Waals surface area contributed by atoms with E-state index in [0.29, 0.717) is 17.7 Å². The maximum absolute atomic E-state index is 12.0. The Kier molecular flexibility index (Phi) is 5.92. The average Bonchev–Trinajstić information content (AvgIpc) is 3.15. The standard InChI is InChI=1S/C18H21N3O4/c22-17(15-4-2-1-3-5-15)14-25-18(23)16-12-19-21(13-16)7-6-20-8-10-24-11-9-20/h1-5,12-13H,6-11,14H2. The Morgan fingerprint density at radius 2 is 1.84 bits per heavy atom. The number of nitrogens with zero attached hydrogens (tertiary/aromatic N) is 3. The van der Waals surface area contributed by atoms with E-state index in [0.717, 1.165) is 32.8 Å². The molecule has 7 nitrogen and oxygen atoms in total. The third kappa shape index (κ3) is 4.98. The van der Waals surface area contributed by atoms with E-state index in [1.54, 1.807) is 35.1 Å². The number of carbonyl (C=O) groups excluding carboxylic acids is 2. The second-order valence-electron chi connectivity index (χ2n) is 5.81. The summed E-state index contributed by atoms with van der Waals surface area (Å²) in [7, 11) is 0. The van der Waals surface area contributed by atoms with Crippen LogP contribution in [-0.2, 0) is 16.0 Å². The zero-order valence-corrected chi connectivity index (χ0v) is 14.0. The largest absolute Gasteiger partial charge is 0.454 e. The molecule has 0 atom stereocenters. The Hall–Kier alpha value is -2.51. The normalized spacial score (nSPS) is 15.0. The molecule has 1 aromatic carbocycles. The van der Waals surface area contributed by atoms with Crippen LogP contribution < -0.4 is 0 Å². The van der Waals surface area contributed by atoms with Gasteiger partial charge in [-0.3, -0.25) is 14.4 Å². The van der Waals surface area contributed by atoms with E-state index < -0.39 is 5.97 Å². The third-order valence-corrected chi connectivity index (χ3v) is 4.05. The summed E-state index contributed by atoms with van der Waals surface area (Å²) >= 11 is 0. The van der Waals surface area contributed by atoms with Gasteiger partial charge in [0.15, 0.2) is 12.4 Å². The van der Waals surface area contributed by atoms with E-state index in [4.69, 9.17) is 9.47 Å². The van der Waals surface area contributed by atoms with Crippen molar-refractivity contribution in [3.63, 3.8) is 0 Å². The van der Waals surface area contributed by atoms with E-state index in [-0.39, 0.29) is 12.4 Å². The molecule has 132 valence electrons. The van der Waals surface area contributed by atoms with Crippen molar-refractivity contribution in [2.75, 3.05) is 39.5 Å². The predicted molar refractivity (Wildman–Crippen MR) is 90.5 cm³/mol. The quantitative estimate of drug-likeness (QED) is 0.557. The molecule has 1 fully saturated rings. The predicted octanol–water partition coefficient (Wildman–Crippen LogP) is 1.25. The molecule has 0 bridgehead atoms. The van der Waals surface area contributed by atoms with Crippen LogP contribution in [0, 0.1) is 0 Å². The third-order valence-electron chi connectivity index (χ3n) is 4.05. The van der Waals surface area contributed by atoms with Crippen LogP contribution in [0.1, 0.15) is 20.7 Å². The van der Waals surface area contributed by atoms with Gasteiger partial charge in [-0.2, -0.15) is 5.10 Å². The Morgan fingerprint density at radius 3 is 2.60 bits per heavy atom. The molecule has 1 aliphatic rings. The van der Waals surface area contributed by atoms with Gasteiger partial charge >= 0.3 is 5.97 Å². The van der Waals surface area contributed by atoms with E-state index in [1.807, 2.05) is 6.07 Å². The first-order valence-corrected chi connectivity index (χ1v) is 8.30. The Labute approximate surface area is 146 Å². The molecule has 0 spiro atoms. The van der Waals surface area contributed by atoms with Crippen LogP contribution in [-0.4, -0.2) is 65.9 Å². The summed E-state index contributed by atoms with van der Waals surface area (Å²) < 4.78 is 12.1. The summed E-state index contributed by atoms with van der Waals surface area (Å²) in [5.74, 6) is -0.768. The fraction of sp³-hybridized carbons (Fsp3) is 0.389. The lowest BCUT2D eigenvalue weighted by Gasteiger charge is -2.26. The van der Waals surface area contributed by atoms with Gasteiger partial charge in [-0.25, -0.2) is 4.79 Å². The first-order chi connectivity index (χ1) is 12.2. The number of morpholine rings is 1. The van der Waals surface area contributed by atoms with E-state index in [2.05, 4.69) is 10.00 Å². The van der Waals surface area contributed by atoms with Crippen molar-refractivity contribution in [1.29, 1.82) is 0 Å². The van der Waals surface area contributed by atoms with Crippen LogP contribution >= 0.6 is 0 Å². The molecule has 0 radical (unpaired) electrons. The molecule has 1 aliphatic heterocycles. The molecular formula is C18H21N3O4. The lowest BCUT2D eigenvalue weighted by molar-refractivity contribution is 0.0359. The molecule has 0 aliphatic carbocycles. The minimum atomic E-state index is -0.540. The maximum atomic E-state index is 12.0. The van der Waals surface area contributed by atoms with Crippen molar-refractivity contribution in [2.24, 2.45) is 0 Å². The number of benzene rings is 1. The van der Waals surface area contributed by atoms with Gasteiger partial charge in [0.05, 0.1) is 31.5 Å². The molecule has 3 rings (SSSR count). The van der Waals surface area contributed by atoms with Crippen molar-refractivity contribution in [3.8, 4) is 0 Å². The zero-order valence-electron chi connectivity index (χ0n) is 14.0. The minimum Gasteiger partial charge on any atom is -0.454 e. The summed E-state index contributed by atoms with van der Waals surface area (Å²) in [5.41, 5.74) is 0.874. The highest BCUT2D eigenvalue weighted by molar-refractivity contribution is 5.99. The first-order valence-electron chi connectivity index (χ1n) is 8.30. The SMILES string of the molecule is O=C(COC(=O)c1cnn(CCN2CCOCC2)c1)c1ccccc1. The summed E-state index contributed by atoms with van der Waals surface area (Å²) in [6.45, 7) is 4.61. The maximum Gasteiger partial charge on any atom is 0.341 e. The lowest BCUT2D eigenvalue weighted by Crippen LogP contribution is -2.38. The van der Waals surface area contributed by atoms with E-state index >= 15 is 0 Å². The molecule has 25 heavy (non-hydrogen) atoms. The topological polar surface area (TPSA) is 73.7 Å². The average molecular weight is 343 g/mol. The number of hydrogen-bond acceptors (Lipinski definition) is 6. The van der Waals surface area contributed by atoms with Crippen molar-refractivity contribution in [2.45, 2.75) is 6.54 Å². The molecule has 2 aromatic rings. The highest BCUT2D eigenvalue weighted by Crippen LogP contribution is 2.05. The van der Waals surface area contributed by atoms with Crippen molar-refractivity contribution in [1.82, 2.24) is 14.7 Å². The van der Waals surface area contributed by atoms with Crippen molar-refractivity contribution < 1.29 is 19.1 Å². The summed E-state index contributed by atoms with van der Waals surface area (Å²) in [6.07, 6.45) is 3.12. The molecule has 0 unspecified atom stereocenters. The molecular weight excluding hydrogens is 322 g/mol. The molecule has 0 amide bonds. The van der Waals surface area contributed by atoms with Gasteiger partial charge in [-0.05, 0) is 0 Å². The number of ketones is 1. The number of rotatable bonds is 7. The molecule has 0 N–H and O–H groups in total. The second-order valence-corrected chi connectivity index (χ2v) is 5.81. The molecule has 7 heteroatoms. The van der Waals surface area contributed by atoms with Gasteiger partial charge in [-0.1, -0.05) is 30.3 Å². The Balaban J connectivity index is 1.46. The fourth-order valence-electron chi connectivity index (χ4n) is 2.58. The number of hydrogen-bond donors (Lipinski definition) is 0. The summed E-state index contributed by atoms with van der Waals surface area (Å²) in [6, 6.07) is 8.76. The van der Waals surface area contributed by atoms with Gasteiger partial charge in [0.25, 0.3) is 0 Å². The molecule has 2 heterocycles. The van der Waals surface area contributed by atoms with Crippen LogP contribution in [0.4, 0.5) is 0 Å². The number of Topliss-reactive ketones (excluding diaryl/α,β-unsaturated/α-hetero) is 1. The highest BCUT2D eigenvalue weighted by atomic mass is 16.5. The van der Waals surface area contributed by atoms with Crippen LogP contribution in [0.3, 0.4) is 0 Å². The lowest BCUT2D eigenvalue weighted by atomic mass is 10.1. The van der Waals surface area contributed by atoms with Gasteiger partial charge in [-0.15, -0.1) is 0 Å². The highest BCUT2D eigenvalue weighted by Gasteiger charge is 2.14. The van der Waals surface area contributed by atoms with Crippen LogP contribution in [0.15, 0.2) is 42.7 Å². The van der Waals surface area contributed by atoms with E-state index in [1.165, 1.54) is 6.20 Å². The van der Waals surface area contributed by atoms with Crippen LogP contribution in [0.5, 0.6) is 0 Å². The Bertz CT molecular complexity index is 708. The zero-order chi connectivity index (χ0) is 17.5. The molecule has 1 saturated heterocycles. The van der Waals surface area contributed by atoms with Gasteiger partial charge in [0.1, 0.15) is 0 Å². The number of carbonyl (C=O) groups is 2. The Morgan fingerprint density at radius 1 is 1.08 bits per heavy atom. The monoisotopic (exact) mass is 343 g/mol. The number of esters is 1. The van der Waals surface area contributed by atoms with E-state index in [9.17, 15) is 9.59 Å². The second kappa shape index (κ2) is 8.55. The fourth-order valence-corrected chi connectivity index (χ4v) is 2.58. The minimum absolute atomic E-state index is 0.228. The van der Waals surface area contributed by atoms with Crippen LogP contribution in [0.2, 0.25) is 0 Å². The van der Waals surface area contributed by atoms with Crippen molar-refractivity contribution in [3.05, 3.63) is 53.9 Å². The first kappa shape index (κ1) is 17.3. The molecule has 1 aromatic heterocycles. The van der Waals surface area contributed by atoms with Crippen molar-refractivity contribution >= 4 is 11.8 Å². The summed E-state index contributed by atoms with van der Waals surface area (Å²) in [4.78, 5) is 26.3. The van der Waals surface area contributed by atoms with Gasteiger partial charge in [0.2, 0.25) is 0 Å². The van der Waals surface area contributed by atoms with Crippen LogP contribution in [0.25, 0.3) is 0 Å². The van der Waals surface area contributed by atoms with Gasteiger partial charge < -0.3 is 9.47 Å². The number of aromatic nitrogens is 2. The molecule has 0 saturated carbocycles. The van der Waals surface area contributed by atoms with Gasteiger partial charge in [0, 0.05) is 31.4 Å². The summed E-state index contributed by atoms with van der Waals surface area (Å²) in [5, 5.41) is 4.18. The smallest absolute Gasteiger partial charge is 0.341 e. The number of ether oxygens (including phenoxy) is 2.